The zero-order valence-corrected chi connectivity index (χ0v) is 13.5. The van der Waals surface area contributed by atoms with Crippen molar-refractivity contribution < 1.29 is 8.78 Å². The van der Waals surface area contributed by atoms with Gasteiger partial charge in [0.25, 0.3) is 0 Å². The molecule has 0 aromatic heterocycles. The van der Waals surface area contributed by atoms with Gasteiger partial charge in [0.1, 0.15) is 11.6 Å². The molecule has 0 amide bonds. The lowest BCUT2D eigenvalue weighted by Gasteiger charge is -2.42. The lowest BCUT2D eigenvalue weighted by atomic mass is 9.69. The van der Waals surface area contributed by atoms with Crippen molar-refractivity contribution in [1.82, 2.24) is 5.32 Å². The standard InChI is InChI=1S/C18H27F2N/c1-12(14-11-13(19)9-10-16(14)20)21-17-8-6-5-7-15(17)18(2,3)4/h9-12,15,17,21H,5-8H2,1-4H3. The second kappa shape index (κ2) is 6.43. The monoisotopic (exact) mass is 295 g/mol. The highest BCUT2D eigenvalue weighted by molar-refractivity contribution is 5.22. The van der Waals surface area contributed by atoms with Gasteiger partial charge < -0.3 is 5.32 Å². The SMILES string of the molecule is CC(NC1CCCCC1C(C)(C)C)c1cc(F)ccc1F. The van der Waals surface area contributed by atoms with Crippen molar-refractivity contribution in [2.45, 2.75) is 65.5 Å². The molecule has 0 spiro atoms. The fourth-order valence-electron chi connectivity index (χ4n) is 3.62. The molecule has 0 saturated heterocycles. The molecule has 1 nitrogen and oxygen atoms in total. The summed E-state index contributed by atoms with van der Waals surface area (Å²) in [5.74, 6) is -0.138. The fraction of sp³-hybridized carbons (Fsp3) is 0.667. The van der Waals surface area contributed by atoms with Crippen LogP contribution in [0.3, 0.4) is 0 Å². The van der Waals surface area contributed by atoms with Gasteiger partial charge >= 0.3 is 0 Å². The molecule has 0 radical (unpaired) electrons. The maximum atomic E-state index is 13.9. The Bertz CT molecular complexity index is 479. The summed E-state index contributed by atoms with van der Waals surface area (Å²) in [6.45, 7) is 8.73. The third-order valence-corrected chi connectivity index (χ3v) is 4.77. The molecule has 0 aliphatic heterocycles. The summed E-state index contributed by atoms with van der Waals surface area (Å²) in [6.07, 6.45) is 4.80. The molecule has 1 aromatic carbocycles. The summed E-state index contributed by atoms with van der Waals surface area (Å²) in [6, 6.07) is 3.89. The Labute approximate surface area is 127 Å². The van der Waals surface area contributed by atoms with Crippen LogP contribution in [0.2, 0.25) is 0 Å². The Hall–Kier alpha value is -0.960. The Morgan fingerprint density at radius 3 is 2.48 bits per heavy atom. The van der Waals surface area contributed by atoms with Gasteiger partial charge in [0.05, 0.1) is 0 Å². The molecule has 3 heteroatoms. The van der Waals surface area contributed by atoms with E-state index in [1.54, 1.807) is 0 Å². The first kappa shape index (κ1) is 16.4. The van der Waals surface area contributed by atoms with Crippen molar-refractivity contribution in [3.8, 4) is 0 Å². The first-order chi connectivity index (χ1) is 9.79. The van der Waals surface area contributed by atoms with E-state index in [1.807, 2.05) is 6.92 Å². The molecule has 118 valence electrons. The molecule has 1 saturated carbocycles. The van der Waals surface area contributed by atoms with Gasteiger partial charge in [-0.25, -0.2) is 8.78 Å². The molecule has 0 heterocycles. The van der Waals surface area contributed by atoms with Crippen LogP contribution in [0.1, 0.15) is 65.0 Å². The first-order valence-corrected chi connectivity index (χ1v) is 8.00. The Morgan fingerprint density at radius 2 is 1.81 bits per heavy atom. The maximum absolute atomic E-state index is 13.9. The first-order valence-electron chi connectivity index (χ1n) is 8.00. The number of rotatable bonds is 3. The number of halogens is 2. The Morgan fingerprint density at radius 1 is 1.14 bits per heavy atom. The molecule has 1 aromatic rings. The molecule has 1 aliphatic carbocycles. The van der Waals surface area contributed by atoms with E-state index in [0.29, 0.717) is 17.5 Å². The average Bonchev–Trinajstić information content (AvgIpc) is 2.41. The maximum Gasteiger partial charge on any atom is 0.128 e. The number of benzene rings is 1. The van der Waals surface area contributed by atoms with Crippen LogP contribution >= 0.6 is 0 Å². The van der Waals surface area contributed by atoms with E-state index in [-0.39, 0.29) is 23.1 Å². The highest BCUT2D eigenvalue weighted by atomic mass is 19.1. The van der Waals surface area contributed by atoms with Crippen LogP contribution in [-0.4, -0.2) is 6.04 Å². The van der Waals surface area contributed by atoms with Gasteiger partial charge in [-0.3, -0.25) is 0 Å². The third-order valence-electron chi connectivity index (χ3n) is 4.77. The van der Waals surface area contributed by atoms with Crippen molar-refractivity contribution >= 4 is 0 Å². The van der Waals surface area contributed by atoms with E-state index in [1.165, 1.54) is 37.5 Å². The van der Waals surface area contributed by atoms with E-state index >= 15 is 0 Å². The molecular formula is C18H27F2N. The van der Waals surface area contributed by atoms with Crippen molar-refractivity contribution in [3.63, 3.8) is 0 Å². The summed E-state index contributed by atoms with van der Waals surface area (Å²) in [7, 11) is 0. The summed E-state index contributed by atoms with van der Waals surface area (Å²) in [5.41, 5.74) is 0.659. The summed E-state index contributed by atoms with van der Waals surface area (Å²) in [5, 5.41) is 3.55. The van der Waals surface area contributed by atoms with E-state index in [4.69, 9.17) is 0 Å². The summed E-state index contributed by atoms with van der Waals surface area (Å²) in [4.78, 5) is 0. The zero-order chi connectivity index (χ0) is 15.6. The van der Waals surface area contributed by atoms with E-state index < -0.39 is 0 Å². The van der Waals surface area contributed by atoms with Crippen molar-refractivity contribution in [1.29, 1.82) is 0 Å². The molecule has 21 heavy (non-hydrogen) atoms. The third kappa shape index (κ3) is 4.03. The van der Waals surface area contributed by atoms with Crippen LogP contribution in [-0.2, 0) is 0 Å². The van der Waals surface area contributed by atoms with Gasteiger partial charge in [-0.15, -0.1) is 0 Å². The lowest BCUT2D eigenvalue weighted by molar-refractivity contribution is 0.124. The molecule has 3 unspecified atom stereocenters. The number of hydrogen-bond donors (Lipinski definition) is 1. The quantitative estimate of drug-likeness (QED) is 0.806. The van der Waals surface area contributed by atoms with Gasteiger partial charge in [-0.1, -0.05) is 33.6 Å². The largest absolute Gasteiger partial charge is 0.307 e. The molecule has 2 rings (SSSR count). The Kier molecular flexibility index (Phi) is 5.03. The molecule has 3 atom stereocenters. The normalized spacial score (nSPS) is 24.9. The van der Waals surface area contributed by atoms with E-state index in [2.05, 4.69) is 26.1 Å². The van der Waals surface area contributed by atoms with Gasteiger partial charge in [0, 0.05) is 17.6 Å². The molecule has 1 N–H and O–H groups in total. The predicted molar refractivity (Wildman–Crippen MR) is 83.1 cm³/mol. The summed E-state index contributed by atoms with van der Waals surface area (Å²) < 4.78 is 27.3. The second-order valence-corrected chi connectivity index (χ2v) is 7.42. The molecule has 1 aliphatic rings. The minimum atomic E-state index is -0.379. The van der Waals surface area contributed by atoms with Crippen LogP contribution < -0.4 is 5.32 Å². The molecule has 1 fully saturated rings. The van der Waals surface area contributed by atoms with Crippen molar-refractivity contribution in [3.05, 3.63) is 35.4 Å². The highest BCUT2D eigenvalue weighted by Gasteiger charge is 2.34. The van der Waals surface area contributed by atoms with Crippen LogP contribution in [0.15, 0.2) is 18.2 Å². The Balaban J connectivity index is 2.13. The second-order valence-electron chi connectivity index (χ2n) is 7.42. The van der Waals surface area contributed by atoms with Crippen molar-refractivity contribution in [2.75, 3.05) is 0 Å². The lowest BCUT2D eigenvalue weighted by Crippen LogP contribution is -2.45. The van der Waals surface area contributed by atoms with Gasteiger partial charge in [0.2, 0.25) is 0 Å². The predicted octanol–water partition coefficient (Wildman–Crippen LogP) is 5.22. The van der Waals surface area contributed by atoms with Gasteiger partial charge in [0.15, 0.2) is 0 Å². The van der Waals surface area contributed by atoms with Crippen LogP contribution in [0.25, 0.3) is 0 Å². The molecular weight excluding hydrogens is 268 g/mol. The zero-order valence-electron chi connectivity index (χ0n) is 13.5. The van der Waals surface area contributed by atoms with E-state index in [9.17, 15) is 8.78 Å². The minimum absolute atomic E-state index is 0.173. The average molecular weight is 295 g/mol. The minimum Gasteiger partial charge on any atom is -0.307 e. The number of nitrogens with one attached hydrogen (secondary N) is 1. The smallest absolute Gasteiger partial charge is 0.128 e. The fourth-order valence-corrected chi connectivity index (χ4v) is 3.62. The van der Waals surface area contributed by atoms with E-state index in [0.717, 1.165) is 6.42 Å². The van der Waals surface area contributed by atoms with Crippen LogP contribution in [0.4, 0.5) is 8.78 Å². The van der Waals surface area contributed by atoms with Gasteiger partial charge in [-0.05, 0) is 49.3 Å². The molecule has 0 bridgehead atoms. The summed E-state index contributed by atoms with van der Waals surface area (Å²) >= 11 is 0. The topological polar surface area (TPSA) is 12.0 Å². The van der Waals surface area contributed by atoms with Crippen LogP contribution in [0.5, 0.6) is 0 Å². The van der Waals surface area contributed by atoms with Crippen molar-refractivity contribution in [2.24, 2.45) is 11.3 Å². The number of hydrogen-bond acceptors (Lipinski definition) is 1. The highest BCUT2D eigenvalue weighted by Crippen LogP contribution is 2.39. The van der Waals surface area contributed by atoms with Crippen LogP contribution in [0, 0.1) is 23.0 Å². The van der Waals surface area contributed by atoms with Gasteiger partial charge in [-0.2, -0.15) is 0 Å².